The summed E-state index contributed by atoms with van der Waals surface area (Å²) >= 11 is 43.9. The van der Waals surface area contributed by atoms with Crippen molar-refractivity contribution in [1.82, 2.24) is 0 Å². The van der Waals surface area contributed by atoms with E-state index in [0.29, 0.717) is 21.5 Å². The van der Waals surface area contributed by atoms with Crippen molar-refractivity contribution < 1.29 is 9.53 Å². The smallest absolute Gasteiger partial charge is 0.262 e. The van der Waals surface area contributed by atoms with Crippen LogP contribution < -0.4 is 10.1 Å². The second-order valence-electron chi connectivity index (χ2n) is 6.30. The van der Waals surface area contributed by atoms with Gasteiger partial charge in [-0.2, -0.15) is 0 Å². The van der Waals surface area contributed by atoms with Gasteiger partial charge in [-0.1, -0.05) is 93.3 Å². The van der Waals surface area contributed by atoms with Crippen molar-refractivity contribution in [3.63, 3.8) is 0 Å². The minimum Gasteiger partial charge on any atom is -0.481 e. The van der Waals surface area contributed by atoms with Crippen molar-refractivity contribution >= 4 is 105 Å². The highest BCUT2D eigenvalue weighted by Gasteiger charge is 2.21. The molecule has 0 atom stereocenters. The molecule has 0 unspecified atom stereocenters. The second-order valence-corrected chi connectivity index (χ2v) is 10.1. The molecule has 0 aliphatic carbocycles. The number of carbonyl (C=O) groups is 1. The van der Waals surface area contributed by atoms with E-state index in [0.717, 1.165) is 10.5 Å². The predicted molar refractivity (Wildman–Crippen MR) is 138 cm³/mol. The largest absolute Gasteiger partial charge is 0.481 e. The van der Waals surface area contributed by atoms with Crippen LogP contribution in [0, 0.1) is 0 Å². The fraction of sp³-hybridized carbons (Fsp3) is 0.0952. The topological polar surface area (TPSA) is 38.3 Å². The molecular formula is C21H12Cl7NO2S. The average Bonchev–Trinajstić information content (AvgIpc) is 2.75. The zero-order valence-corrected chi connectivity index (χ0v) is 21.9. The van der Waals surface area contributed by atoms with E-state index in [4.69, 9.17) is 85.9 Å². The third-order valence-electron chi connectivity index (χ3n) is 3.99. The van der Waals surface area contributed by atoms with E-state index in [1.54, 1.807) is 12.1 Å². The quantitative estimate of drug-likeness (QED) is 0.169. The number of ether oxygens (including phenoxy) is 1. The third-order valence-corrected chi connectivity index (χ3v) is 7.82. The maximum absolute atomic E-state index is 12.5. The molecule has 1 N–H and O–H groups in total. The molecule has 0 aliphatic heterocycles. The molecule has 32 heavy (non-hydrogen) atoms. The molecule has 11 heteroatoms. The van der Waals surface area contributed by atoms with Gasteiger partial charge in [-0.3, -0.25) is 4.79 Å². The van der Waals surface area contributed by atoms with Crippen molar-refractivity contribution in [3.8, 4) is 5.75 Å². The molecule has 0 aliphatic rings. The van der Waals surface area contributed by atoms with Crippen molar-refractivity contribution in [2.75, 3.05) is 11.9 Å². The molecule has 3 aromatic rings. The summed E-state index contributed by atoms with van der Waals surface area (Å²) in [5, 5.41) is 3.84. The highest BCUT2D eigenvalue weighted by Crippen LogP contribution is 2.48. The van der Waals surface area contributed by atoms with E-state index in [1.165, 1.54) is 11.8 Å². The molecule has 3 aromatic carbocycles. The number of amides is 1. The molecular weight excluding hydrogens is 578 g/mol. The van der Waals surface area contributed by atoms with Gasteiger partial charge in [-0.05, 0) is 35.9 Å². The van der Waals surface area contributed by atoms with E-state index in [1.807, 2.05) is 30.3 Å². The summed E-state index contributed by atoms with van der Waals surface area (Å²) < 4.78 is 5.47. The molecule has 168 valence electrons. The Hall–Kier alpha value is -0.690. The Balaban J connectivity index is 1.68. The standard InChI is InChI=1S/C21H12Cl7NO2S/c22-11-5-10(6-12(23)7-11)9-32-14-4-2-1-3-13(14)29-15(30)8-31-21-19(27)17(25)16(24)18(26)20(21)28/h1-7H,8-9H2,(H,29,30). The van der Waals surface area contributed by atoms with Gasteiger partial charge in [-0.15, -0.1) is 11.8 Å². The van der Waals surface area contributed by atoms with Crippen LogP contribution in [0.3, 0.4) is 0 Å². The van der Waals surface area contributed by atoms with Crippen LogP contribution in [-0.2, 0) is 10.5 Å². The maximum Gasteiger partial charge on any atom is 0.262 e. The molecule has 3 nitrogen and oxygen atoms in total. The number of benzene rings is 3. The van der Waals surface area contributed by atoms with Crippen LogP contribution in [0.5, 0.6) is 5.75 Å². The van der Waals surface area contributed by atoms with Crippen LogP contribution in [-0.4, -0.2) is 12.5 Å². The number of halogens is 7. The first-order valence-corrected chi connectivity index (χ1v) is 12.4. The number of anilines is 1. The van der Waals surface area contributed by atoms with Crippen molar-refractivity contribution in [3.05, 3.63) is 83.2 Å². The Morgan fingerprint density at radius 2 is 1.38 bits per heavy atom. The van der Waals surface area contributed by atoms with E-state index in [-0.39, 0.29) is 37.5 Å². The summed E-state index contributed by atoms with van der Waals surface area (Å²) in [6, 6.07) is 12.7. The second kappa shape index (κ2) is 11.6. The minimum absolute atomic E-state index is 0.00655. The maximum atomic E-state index is 12.5. The molecule has 1 amide bonds. The fourth-order valence-electron chi connectivity index (χ4n) is 2.59. The average molecular weight is 591 g/mol. The normalized spacial score (nSPS) is 10.8. The lowest BCUT2D eigenvalue weighted by molar-refractivity contribution is -0.118. The SMILES string of the molecule is O=C(COc1c(Cl)c(Cl)c(Cl)c(Cl)c1Cl)Nc1ccccc1SCc1cc(Cl)cc(Cl)c1. The number of rotatable bonds is 7. The van der Waals surface area contributed by atoms with Gasteiger partial charge >= 0.3 is 0 Å². The summed E-state index contributed by atoms with van der Waals surface area (Å²) in [7, 11) is 0. The first-order chi connectivity index (χ1) is 15.2. The number of hydrogen-bond acceptors (Lipinski definition) is 3. The molecule has 0 bridgehead atoms. The Morgan fingerprint density at radius 1 is 0.812 bits per heavy atom. The molecule has 0 heterocycles. The first kappa shape index (κ1) is 25.9. The van der Waals surface area contributed by atoms with Gasteiger partial charge in [0.2, 0.25) is 0 Å². The number of nitrogens with one attached hydrogen (secondary N) is 1. The van der Waals surface area contributed by atoms with E-state index < -0.39 is 5.91 Å². The van der Waals surface area contributed by atoms with Gasteiger partial charge in [0.15, 0.2) is 12.4 Å². The van der Waals surface area contributed by atoms with Crippen LogP contribution in [0.15, 0.2) is 47.4 Å². The first-order valence-electron chi connectivity index (χ1n) is 8.78. The lowest BCUT2D eigenvalue weighted by atomic mass is 10.2. The lowest BCUT2D eigenvalue weighted by Gasteiger charge is -2.14. The summed E-state index contributed by atoms with van der Waals surface area (Å²) in [5.41, 5.74) is 1.57. The van der Waals surface area contributed by atoms with E-state index in [2.05, 4.69) is 5.32 Å². The molecule has 0 fully saturated rings. The number of para-hydroxylation sites is 1. The monoisotopic (exact) mass is 587 g/mol. The van der Waals surface area contributed by atoms with Gasteiger partial charge in [0, 0.05) is 20.7 Å². The van der Waals surface area contributed by atoms with E-state index in [9.17, 15) is 4.79 Å². The van der Waals surface area contributed by atoms with Gasteiger partial charge in [0.25, 0.3) is 5.91 Å². The van der Waals surface area contributed by atoms with Crippen LogP contribution in [0.4, 0.5) is 5.69 Å². The Kier molecular flexibility index (Phi) is 9.42. The lowest BCUT2D eigenvalue weighted by Crippen LogP contribution is -2.20. The number of hydrogen-bond donors (Lipinski definition) is 1. The van der Waals surface area contributed by atoms with Gasteiger partial charge in [0.1, 0.15) is 10.0 Å². The van der Waals surface area contributed by atoms with E-state index >= 15 is 0 Å². The summed E-state index contributed by atoms with van der Waals surface area (Å²) in [6.07, 6.45) is 0. The van der Waals surface area contributed by atoms with Gasteiger partial charge < -0.3 is 10.1 Å². The third kappa shape index (κ3) is 6.46. The zero-order chi connectivity index (χ0) is 23.4. The molecule has 3 rings (SSSR count). The summed E-state index contributed by atoms with van der Waals surface area (Å²) in [6.45, 7) is -0.378. The highest BCUT2D eigenvalue weighted by molar-refractivity contribution is 7.98. The molecule has 0 saturated carbocycles. The summed E-state index contributed by atoms with van der Waals surface area (Å²) in [4.78, 5) is 13.4. The van der Waals surface area contributed by atoms with Crippen LogP contribution in [0.25, 0.3) is 0 Å². The van der Waals surface area contributed by atoms with Crippen LogP contribution in [0.1, 0.15) is 5.56 Å². The van der Waals surface area contributed by atoms with Crippen molar-refractivity contribution in [2.45, 2.75) is 10.6 Å². The van der Waals surface area contributed by atoms with Crippen LogP contribution >= 0.6 is 93.0 Å². The predicted octanol–water partition coefficient (Wildman–Crippen LogP) is 9.57. The highest BCUT2D eigenvalue weighted by atomic mass is 35.5. The van der Waals surface area contributed by atoms with Crippen molar-refractivity contribution in [2.24, 2.45) is 0 Å². The zero-order valence-electron chi connectivity index (χ0n) is 15.8. The van der Waals surface area contributed by atoms with Gasteiger partial charge in [0.05, 0.1) is 20.8 Å². The number of carbonyl (C=O) groups excluding carboxylic acids is 1. The van der Waals surface area contributed by atoms with Crippen LogP contribution in [0.2, 0.25) is 35.2 Å². The Bertz CT molecular complexity index is 1120. The Labute approximate surface area is 224 Å². The Morgan fingerprint density at radius 3 is 2.00 bits per heavy atom. The molecule has 0 saturated heterocycles. The summed E-state index contributed by atoms with van der Waals surface area (Å²) in [5.74, 6) is 0.151. The van der Waals surface area contributed by atoms with Gasteiger partial charge in [-0.25, -0.2) is 0 Å². The van der Waals surface area contributed by atoms with Crippen molar-refractivity contribution in [1.29, 1.82) is 0 Å². The minimum atomic E-state index is -0.432. The molecule has 0 aromatic heterocycles. The fourth-order valence-corrected chi connectivity index (χ4v) is 5.33. The number of thioether (sulfide) groups is 1. The molecule has 0 spiro atoms. The molecule has 0 radical (unpaired) electrons.